The number of carbonyl (C=O) groups is 1. The largest absolute Gasteiger partial charge is 0.401 e. The van der Waals surface area contributed by atoms with Gasteiger partial charge in [0.2, 0.25) is 5.91 Å². The summed E-state index contributed by atoms with van der Waals surface area (Å²) in [5.74, 6) is -0.873. The maximum Gasteiger partial charge on any atom is 0.401 e. The first-order chi connectivity index (χ1) is 9.31. The molecule has 0 fully saturated rings. The molecule has 1 aromatic carbocycles. The molecule has 1 amide bonds. The van der Waals surface area contributed by atoms with E-state index in [9.17, 15) is 22.4 Å². The van der Waals surface area contributed by atoms with Crippen molar-refractivity contribution >= 4 is 5.91 Å². The molecule has 0 spiro atoms. The Kier molecular flexibility index (Phi) is 5.94. The number of carbonyl (C=O) groups excluding carboxylic acids is 1. The lowest BCUT2D eigenvalue weighted by Gasteiger charge is -2.21. The highest BCUT2D eigenvalue weighted by Gasteiger charge is 2.26. The minimum absolute atomic E-state index is 0.167. The van der Waals surface area contributed by atoms with E-state index in [4.69, 9.17) is 0 Å². The number of hydrogen-bond donors (Lipinski definition) is 1. The maximum atomic E-state index is 13.0. The van der Waals surface area contributed by atoms with Crippen molar-refractivity contribution < 1.29 is 22.4 Å². The molecule has 1 aromatic rings. The van der Waals surface area contributed by atoms with Crippen molar-refractivity contribution in [3.63, 3.8) is 0 Å². The molecule has 20 heavy (non-hydrogen) atoms. The molecule has 1 N–H and O–H groups in total. The minimum Gasteiger partial charge on any atom is -0.338 e. The Labute approximate surface area is 114 Å². The van der Waals surface area contributed by atoms with E-state index in [0.717, 1.165) is 0 Å². The van der Waals surface area contributed by atoms with Crippen LogP contribution in [0.25, 0.3) is 0 Å². The molecule has 0 aliphatic rings. The van der Waals surface area contributed by atoms with Crippen LogP contribution in [0.5, 0.6) is 0 Å². The van der Waals surface area contributed by atoms with Gasteiger partial charge in [-0.25, -0.2) is 4.39 Å². The summed E-state index contributed by atoms with van der Waals surface area (Å²) in [5, 5.41) is 2.05. The Balaban J connectivity index is 2.51. The Morgan fingerprint density at radius 1 is 1.35 bits per heavy atom. The first-order valence-corrected chi connectivity index (χ1v) is 6.11. The van der Waals surface area contributed by atoms with E-state index < -0.39 is 31.0 Å². The molecular weight excluding hydrogens is 276 g/mol. The lowest BCUT2D eigenvalue weighted by Crippen LogP contribution is -2.40. The van der Waals surface area contributed by atoms with Gasteiger partial charge in [-0.1, -0.05) is 12.1 Å². The molecule has 0 aromatic heterocycles. The van der Waals surface area contributed by atoms with Gasteiger partial charge in [-0.3, -0.25) is 4.79 Å². The Bertz CT molecular complexity index is 448. The van der Waals surface area contributed by atoms with E-state index in [0.29, 0.717) is 12.1 Å². The molecule has 0 unspecified atom stereocenters. The van der Waals surface area contributed by atoms with Crippen molar-refractivity contribution in [3.8, 4) is 0 Å². The molecule has 7 heteroatoms. The Morgan fingerprint density at radius 2 is 2.05 bits per heavy atom. The summed E-state index contributed by atoms with van der Waals surface area (Å²) in [6.45, 7) is 0.601. The number of likely N-dealkylation sites (N-methyl/N-ethyl adjacent to an activating group) is 1. The van der Waals surface area contributed by atoms with Gasteiger partial charge in [-0.2, -0.15) is 13.2 Å². The SMILES string of the molecule is CCN(Cc1cccc(F)c1)C(=O)CNCC(F)(F)F. The number of hydrogen-bond acceptors (Lipinski definition) is 2. The molecule has 3 nitrogen and oxygen atoms in total. The van der Waals surface area contributed by atoms with Crippen LogP contribution in [0.15, 0.2) is 24.3 Å². The van der Waals surface area contributed by atoms with Crippen molar-refractivity contribution in [2.75, 3.05) is 19.6 Å². The predicted octanol–water partition coefficient (Wildman–Crippen LogP) is 2.33. The number of nitrogens with one attached hydrogen (secondary N) is 1. The van der Waals surface area contributed by atoms with Crippen molar-refractivity contribution in [3.05, 3.63) is 35.6 Å². The van der Waals surface area contributed by atoms with Crippen LogP contribution < -0.4 is 5.32 Å². The van der Waals surface area contributed by atoms with Gasteiger partial charge in [-0.05, 0) is 24.6 Å². The van der Waals surface area contributed by atoms with E-state index in [1.54, 1.807) is 13.0 Å². The van der Waals surface area contributed by atoms with Gasteiger partial charge in [0.05, 0.1) is 13.1 Å². The van der Waals surface area contributed by atoms with Gasteiger partial charge in [0, 0.05) is 13.1 Å². The summed E-state index contributed by atoms with van der Waals surface area (Å²) in [7, 11) is 0. The second-order valence-electron chi connectivity index (χ2n) is 4.26. The van der Waals surface area contributed by atoms with Crippen molar-refractivity contribution in [1.29, 1.82) is 0 Å². The van der Waals surface area contributed by atoms with E-state index in [-0.39, 0.29) is 6.54 Å². The van der Waals surface area contributed by atoms with Gasteiger partial charge in [0.15, 0.2) is 0 Å². The van der Waals surface area contributed by atoms with Crippen LogP contribution in [0.2, 0.25) is 0 Å². The zero-order chi connectivity index (χ0) is 15.2. The first-order valence-electron chi connectivity index (χ1n) is 6.11. The van der Waals surface area contributed by atoms with Crippen molar-refractivity contribution in [1.82, 2.24) is 10.2 Å². The fourth-order valence-corrected chi connectivity index (χ4v) is 1.66. The van der Waals surface area contributed by atoms with E-state index in [1.807, 2.05) is 5.32 Å². The van der Waals surface area contributed by atoms with Gasteiger partial charge in [-0.15, -0.1) is 0 Å². The summed E-state index contributed by atoms with van der Waals surface area (Å²) in [5.41, 5.74) is 0.594. The number of nitrogens with zero attached hydrogens (tertiary/aromatic N) is 1. The van der Waals surface area contributed by atoms with Crippen LogP contribution in [0, 0.1) is 5.82 Å². The first kappa shape index (κ1) is 16.4. The number of benzene rings is 1. The third-order valence-corrected chi connectivity index (χ3v) is 2.60. The number of alkyl halides is 3. The van der Waals surface area contributed by atoms with Crippen LogP contribution in [0.4, 0.5) is 17.6 Å². The zero-order valence-corrected chi connectivity index (χ0v) is 11.0. The van der Waals surface area contributed by atoms with E-state index in [1.165, 1.54) is 23.1 Å². The second-order valence-corrected chi connectivity index (χ2v) is 4.26. The van der Waals surface area contributed by atoms with Crippen LogP contribution in [-0.2, 0) is 11.3 Å². The summed E-state index contributed by atoms with van der Waals surface area (Å²) in [6.07, 6.45) is -4.35. The second kappa shape index (κ2) is 7.23. The zero-order valence-electron chi connectivity index (χ0n) is 11.0. The lowest BCUT2D eigenvalue weighted by molar-refractivity contribution is -0.134. The molecule has 0 saturated carbocycles. The van der Waals surface area contributed by atoms with Crippen LogP contribution >= 0.6 is 0 Å². The van der Waals surface area contributed by atoms with Gasteiger partial charge >= 0.3 is 6.18 Å². The number of rotatable bonds is 6. The highest BCUT2D eigenvalue weighted by molar-refractivity contribution is 5.78. The molecule has 1 rings (SSSR count). The average Bonchev–Trinajstić information content (AvgIpc) is 2.34. The minimum atomic E-state index is -4.35. The summed E-state index contributed by atoms with van der Waals surface area (Å²) in [6, 6.07) is 5.75. The predicted molar refractivity (Wildman–Crippen MR) is 66.4 cm³/mol. The quantitative estimate of drug-likeness (QED) is 0.816. The molecule has 0 saturated heterocycles. The standard InChI is InChI=1S/C13H16F4N2O/c1-2-19(8-10-4-3-5-11(14)6-10)12(20)7-18-9-13(15,16)17/h3-6,18H,2,7-9H2,1H3. The fourth-order valence-electron chi connectivity index (χ4n) is 1.66. The molecule has 0 radical (unpaired) electrons. The molecular formula is C13H16F4N2O. The number of amides is 1. The third kappa shape index (κ3) is 6.01. The van der Waals surface area contributed by atoms with Crippen LogP contribution in [0.3, 0.4) is 0 Å². The summed E-state index contributed by atoms with van der Waals surface area (Å²) < 4.78 is 48.9. The van der Waals surface area contributed by atoms with Crippen LogP contribution in [-0.4, -0.2) is 36.6 Å². The Hall–Kier alpha value is -1.63. The van der Waals surface area contributed by atoms with Gasteiger partial charge in [0.25, 0.3) is 0 Å². The van der Waals surface area contributed by atoms with Gasteiger partial charge < -0.3 is 10.2 Å². The average molecular weight is 292 g/mol. The van der Waals surface area contributed by atoms with E-state index >= 15 is 0 Å². The molecule has 0 aliphatic heterocycles. The van der Waals surface area contributed by atoms with Gasteiger partial charge in [0.1, 0.15) is 5.82 Å². The highest BCUT2D eigenvalue weighted by Crippen LogP contribution is 2.12. The molecule has 0 bridgehead atoms. The normalized spacial score (nSPS) is 11.4. The molecule has 0 aliphatic carbocycles. The Morgan fingerprint density at radius 3 is 2.60 bits per heavy atom. The van der Waals surface area contributed by atoms with Crippen molar-refractivity contribution in [2.45, 2.75) is 19.6 Å². The number of halogens is 4. The third-order valence-electron chi connectivity index (χ3n) is 2.60. The van der Waals surface area contributed by atoms with Crippen LogP contribution in [0.1, 0.15) is 12.5 Å². The van der Waals surface area contributed by atoms with Crippen molar-refractivity contribution in [2.24, 2.45) is 0 Å². The maximum absolute atomic E-state index is 13.0. The summed E-state index contributed by atoms with van der Waals surface area (Å²) in [4.78, 5) is 13.1. The monoisotopic (exact) mass is 292 g/mol. The fraction of sp³-hybridized carbons (Fsp3) is 0.462. The lowest BCUT2D eigenvalue weighted by atomic mass is 10.2. The summed E-state index contributed by atoms with van der Waals surface area (Å²) >= 11 is 0. The van der Waals surface area contributed by atoms with E-state index in [2.05, 4.69) is 0 Å². The molecule has 0 heterocycles. The topological polar surface area (TPSA) is 32.3 Å². The smallest absolute Gasteiger partial charge is 0.338 e. The molecule has 112 valence electrons. The highest BCUT2D eigenvalue weighted by atomic mass is 19.4. The molecule has 0 atom stereocenters.